The third kappa shape index (κ3) is 2.42. The SMILES string of the molecule is O=C(Nc1ccc(O)c(F)c1)NC1CCC1. The van der Waals surface area contributed by atoms with Gasteiger partial charge in [0, 0.05) is 17.8 Å². The highest BCUT2D eigenvalue weighted by Gasteiger charge is 2.19. The van der Waals surface area contributed by atoms with Crippen LogP contribution in [0.4, 0.5) is 14.9 Å². The molecule has 0 atom stereocenters. The summed E-state index contributed by atoms with van der Waals surface area (Å²) in [6.07, 6.45) is 3.13. The van der Waals surface area contributed by atoms with Gasteiger partial charge in [-0.25, -0.2) is 9.18 Å². The first-order valence-corrected chi connectivity index (χ1v) is 5.21. The molecular formula is C11H13FN2O2. The van der Waals surface area contributed by atoms with Crippen molar-refractivity contribution in [1.82, 2.24) is 5.32 Å². The summed E-state index contributed by atoms with van der Waals surface area (Å²) in [5.41, 5.74) is 0.326. The van der Waals surface area contributed by atoms with Crippen LogP contribution in [0, 0.1) is 5.82 Å². The quantitative estimate of drug-likeness (QED) is 0.674. The van der Waals surface area contributed by atoms with Gasteiger partial charge in [-0.15, -0.1) is 0 Å². The van der Waals surface area contributed by atoms with Gasteiger partial charge in [0.15, 0.2) is 11.6 Å². The van der Waals surface area contributed by atoms with Crippen molar-refractivity contribution in [1.29, 1.82) is 0 Å². The van der Waals surface area contributed by atoms with Gasteiger partial charge in [-0.05, 0) is 31.4 Å². The molecule has 0 aliphatic heterocycles. The third-order valence-corrected chi connectivity index (χ3v) is 2.65. The number of urea groups is 1. The topological polar surface area (TPSA) is 61.4 Å². The molecule has 0 radical (unpaired) electrons. The second-order valence-corrected chi connectivity index (χ2v) is 3.89. The van der Waals surface area contributed by atoms with Crippen LogP contribution in [-0.2, 0) is 0 Å². The lowest BCUT2D eigenvalue weighted by molar-refractivity contribution is 0.240. The van der Waals surface area contributed by atoms with Crippen LogP contribution in [0.15, 0.2) is 18.2 Å². The molecule has 2 rings (SSSR count). The molecule has 1 aliphatic rings. The Morgan fingerprint density at radius 2 is 2.19 bits per heavy atom. The Hall–Kier alpha value is -1.78. The third-order valence-electron chi connectivity index (χ3n) is 2.65. The van der Waals surface area contributed by atoms with Gasteiger partial charge in [-0.3, -0.25) is 0 Å². The summed E-state index contributed by atoms with van der Waals surface area (Å²) in [5.74, 6) is -1.17. The zero-order valence-electron chi connectivity index (χ0n) is 8.66. The molecule has 1 aliphatic carbocycles. The normalized spacial score (nSPS) is 15.3. The minimum Gasteiger partial charge on any atom is -0.505 e. The van der Waals surface area contributed by atoms with Crippen molar-refractivity contribution in [3.8, 4) is 5.75 Å². The zero-order chi connectivity index (χ0) is 11.5. The van der Waals surface area contributed by atoms with E-state index in [1.165, 1.54) is 12.1 Å². The Balaban J connectivity index is 1.92. The molecule has 1 aromatic rings. The van der Waals surface area contributed by atoms with Crippen LogP contribution in [0.25, 0.3) is 0 Å². The monoisotopic (exact) mass is 224 g/mol. The Morgan fingerprint density at radius 3 is 2.75 bits per heavy atom. The highest BCUT2D eigenvalue weighted by atomic mass is 19.1. The van der Waals surface area contributed by atoms with E-state index in [2.05, 4.69) is 10.6 Å². The van der Waals surface area contributed by atoms with Gasteiger partial charge in [0.2, 0.25) is 0 Å². The highest BCUT2D eigenvalue weighted by molar-refractivity contribution is 5.89. The minimum absolute atomic E-state index is 0.238. The number of hydrogen-bond donors (Lipinski definition) is 3. The van der Waals surface area contributed by atoms with Crippen LogP contribution in [-0.4, -0.2) is 17.2 Å². The van der Waals surface area contributed by atoms with E-state index in [1.54, 1.807) is 0 Å². The lowest BCUT2D eigenvalue weighted by Crippen LogP contribution is -2.41. The fraction of sp³-hybridized carbons (Fsp3) is 0.364. The largest absolute Gasteiger partial charge is 0.505 e. The van der Waals surface area contributed by atoms with E-state index >= 15 is 0 Å². The van der Waals surface area contributed by atoms with Gasteiger partial charge < -0.3 is 15.7 Å². The number of benzene rings is 1. The molecule has 3 N–H and O–H groups in total. The molecule has 4 nitrogen and oxygen atoms in total. The molecular weight excluding hydrogens is 211 g/mol. The van der Waals surface area contributed by atoms with E-state index in [9.17, 15) is 9.18 Å². The Bertz CT molecular complexity index is 405. The number of carbonyl (C=O) groups excluding carboxylic acids is 1. The number of halogens is 1. The molecule has 0 bridgehead atoms. The van der Waals surface area contributed by atoms with Gasteiger partial charge in [0.1, 0.15) is 0 Å². The molecule has 0 aromatic heterocycles. The molecule has 0 spiro atoms. The van der Waals surface area contributed by atoms with Crippen LogP contribution in [0.2, 0.25) is 0 Å². The molecule has 0 heterocycles. The molecule has 1 saturated carbocycles. The Morgan fingerprint density at radius 1 is 1.44 bits per heavy atom. The van der Waals surface area contributed by atoms with Crippen molar-refractivity contribution in [3.63, 3.8) is 0 Å². The van der Waals surface area contributed by atoms with Gasteiger partial charge in [-0.1, -0.05) is 0 Å². The van der Waals surface area contributed by atoms with Crippen molar-refractivity contribution in [3.05, 3.63) is 24.0 Å². The second kappa shape index (κ2) is 4.38. The van der Waals surface area contributed by atoms with Crippen LogP contribution < -0.4 is 10.6 Å². The number of carbonyl (C=O) groups is 1. The summed E-state index contributed by atoms with van der Waals surface area (Å²) < 4.78 is 12.9. The predicted octanol–water partition coefficient (Wildman–Crippen LogP) is 2.21. The number of rotatable bonds is 2. The van der Waals surface area contributed by atoms with E-state index < -0.39 is 11.6 Å². The van der Waals surface area contributed by atoms with Crippen LogP contribution in [0.1, 0.15) is 19.3 Å². The molecule has 0 saturated heterocycles. The molecule has 1 fully saturated rings. The predicted molar refractivity (Wildman–Crippen MR) is 57.9 cm³/mol. The fourth-order valence-electron chi connectivity index (χ4n) is 1.49. The van der Waals surface area contributed by atoms with E-state index in [4.69, 9.17) is 5.11 Å². The number of hydrogen-bond acceptors (Lipinski definition) is 2. The van der Waals surface area contributed by atoms with Crippen molar-refractivity contribution in [2.45, 2.75) is 25.3 Å². The number of anilines is 1. The molecule has 5 heteroatoms. The minimum atomic E-state index is -0.749. The zero-order valence-corrected chi connectivity index (χ0v) is 8.66. The summed E-state index contributed by atoms with van der Waals surface area (Å²) in [5, 5.41) is 14.2. The van der Waals surface area contributed by atoms with Crippen LogP contribution in [0.5, 0.6) is 5.75 Å². The highest BCUT2D eigenvalue weighted by Crippen LogP contribution is 2.20. The number of phenolic OH excluding ortho intramolecular Hbond substituents is 1. The number of nitrogens with one attached hydrogen (secondary N) is 2. The Labute approximate surface area is 92.5 Å². The van der Waals surface area contributed by atoms with E-state index in [0.717, 1.165) is 25.3 Å². The smallest absolute Gasteiger partial charge is 0.319 e. The number of phenols is 1. The van der Waals surface area contributed by atoms with Crippen LogP contribution in [0.3, 0.4) is 0 Å². The summed E-state index contributed by atoms with van der Waals surface area (Å²) >= 11 is 0. The first-order valence-electron chi connectivity index (χ1n) is 5.21. The van der Waals surface area contributed by atoms with Crippen molar-refractivity contribution < 1.29 is 14.3 Å². The maximum absolute atomic E-state index is 12.9. The maximum atomic E-state index is 12.9. The molecule has 16 heavy (non-hydrogen) atoms. The summed E-state index contributed by atoms with van der Waals surface area (Å²) in [6, 6.07) is 3.62. The van der Waals surface area contributed by atoms with Crippen LogP contribution >= 0.6 is 0 Å². The lowest BCUT2D eigenvalue weighted by Gasteiger charge is -2.26. The van der Waals surface area contributed by atoms with Gasteiger partial charge >= 0.3 is 6.03 Å². The molecule has 86 valence electrons. The molecule has 0 unspecified atom stereocenters. The molecule has 2 amide bonds. The van der Waals surface area contributed by atoms with Gasteiger partial charge in [0.05, 0.1) is 0 Å². The summed E-state index contributed by atoms with van der Waals surface area (Å²) in [7, 11) is 0. The van der Waals surface area contributed by atoms with Crippen molar-refractivity contribution >= 4 is 11.7 Å². The average Bonchev–Trinajstić information content (AvgIpc) is 2.18. The van der Waals surface area contributed by atoms with Gasteiger partial charge in [-0.2, -0.15) is 0 Å². The van der Waals surface area contributed by atoms with E-state index in [-0.39, 0.29) is 12.1 Å². The summed E-state index contributed by atoms with van der Waals surface area (Å²) in [4.78, 5) is 11.4. The van der Waals surface area contributed by atoms with Crippen molar-refractivity contribution in [2.75, 3.05) is 5.32 Å². The maximum Gasteiger partial charge on any atom is 0.319 e. The number of aromatic hydroxyl groups is 1. The lowest BCUT2D eigenvalue weighted by atomic mass is 9.93. The van der Waals surface area contributed by atoms with E-state index in [0.29, 0.717) is 5.69 Å². The Kier molecular flexibility index (Phi) is 2.94. The van der Waals surface area contributed by atoms with E-state index in [1.807, 2.05) is 0 Å². The fourth-order valence-corrected chi connectivity index (χ4v) is 1.49. The van der Waals surface area contributed by atoms with Crippen molar-refractivity contribution in [2.24, 2.45) is 0 Å². The first-order chi connectivity index (χ1) is 7.65. The number of amides is 2. The molecule has 1 aromatic carbocycles. The van der Waals surface area contributed by atoms with Gasteiger partial charge in [0.25, 0.3) is 0 Å². The standard InChI is InChI=1S/C11H13FN2O2/c12-9-6-8(4-5-10(9)15)14-11(16)13-7-2-1-3-7/h4-7,15H,1-3H2,(H2,13,14,16). The summed E-state index contributed by atoms with van der Waals surface area (Å²) in [6.45, 7) is 0. The second-order valence-electron chi connectivity index (χ2n) is 3.89. The first kappa shape index (κ1) is 10.7. The average molecular weight is 224 g/mol.